The van der Waals surface area contributed by atoms with Gasteiger partial charge in [-0.3, -0.25) is 0 Å². The Hall–Kier alpha value is -0.680. The monoisotopic (exact) mass is 201 g/mol. The average Bonchev–Trinajstić information content (AvgIpc) is 2.57. The first kappa shape index (κ1) is 9.41. The quantitative estimate of drug-likeness (QED) is 0.709. The van der Waals surface area contributed by atoms with E-state index >= 15 is 0 Å². The minimum atomic E-state index is 0.687. The van der Waals surface area contributed by atoms with Gasteiger partial charge >= 0.3 is 0 Å². The van der Waals surface area contributed by atoms with E-state index in [1.165, 1.54) is 0 Å². The van der Waals surface area contributed by atoms with Crippen molar-refractivity contribution < 1.29 is 0 Å². The van der Waals surface area contributed by atoms with Crippen molar-refractivity contribution in [2.75, 3.05) is 13.6 Å². The maximum atomic E-state index is 4.91. The van der Waals surface area contributed by atoms with E-state index in [2.05, 4.69) is 15.6 Å². The number of aromatic nitrogens is 1. The molecule has 1 aromatic heterocycles. The third-order valence-corrected chi connectivity index (χ3v) is 2.52. The van der Waals surface area contributed by atoms with Gasteiger partial charge in [-0.25, -0.2) is 4.98 Å². The van der Waals surface area contributed by atoms with E-state index in [0.29, 0.717) is 5.11 Å². The van der Waals surface area contributed by atoms with E-state index < -0.39 is 0 Å². The van der Waals surface area contributed by atoms with Crippen molar-refractivity contribution in [3.05, 3.63) is 16.6 Å². The number of rotatable bonds is 3. The largest absolute Gasteiger partial charge is 0.366 e. The lowest BCUT2D eigenvalue weighted by molar-refractivity contribution is 0.845. The second-order valence-corrected chi connectivity index (χ2v) is 3.57. The summed E-state index contributed by atoms with van der Waals surface area (Å²) in [5, 5.41) is 9.71. The van der Waals surface area contributed by atoms with Crippen LogP contribution in [0.4, 0.5) is 0 Å². The molecular weight excluding hydrogens is 190 g/mol. The molecule has 66 valence electrons. The fourth-order valence-corrected chi connectivity index (χ4v) is 1.47. The molecule has 0 saturated carbocycles. The number of thiocarbonyl (C=S) groups is 1. The zero-order chi connectivity index (χ0) is 8.81. The molecule has 0 aliphatic carbocycles. The van der Waals surface area contributed by atoms with Crippen LogP contribution in [0.25, 0.3) is 0 Å². The van der Waals surface area contributed by atoms with E-state index in [1.807, 2.05) is 11.6 Å². The van der Waals surface area contributed by atoms with Gasteiger partial charge < -0.3 is 10.6 Å². The van der Waals surface area contributed by atoms with Crippen LogP contribution in [0.1, 0.15) is 5.01 Å². The topological polar surface area (TPSA) is 37.0 Å². The lowest BCUT2D eigenvalue weighted by Gasteiger charge is -2.04. The number of nitrogens with zero attached hydrogens (tertiary/aromatic N) is 1. The standard InChI is InChI=1S/C7H11N3S2/c1-8-7(11)10-3-2-6-9-4-5-12-6/h4-5H,2-3H2,1H3,(H2,8,10,11). The summed E-state index contributed by atoms with van der Waals surface area (Å²) in [4.78, 5) is 4.15. The van der Waals surface area contributed by atoms with Gasteiger partial charge in [0.25, 0.3) is 0 Å². The van der Waals surface area contributed by atoms with Gasteiger partial charge in [-0.15, -0.1) is 11.3 Å². The van der Waals surface area contributed by atoms with E-state index in [0.717, 1.165) is 18.0 Å². The molecule has 12 heavy (non-hydrogen) atoms. The van der Waals surface area contributed by atoms with Gasteiger partial charge in [0.1, 0.15) is 0 Å². The lowest BCUT2D eigenvalue weighted by Crippen LogP contribution is -2.33. The number of nitrogens with one attached hydrogen (secondary N) is 2. The highest BCUT2D eigenvalue weighted by molar-refractivity contribution is 7.80. The van der Waals surface area contributed by atoms with Gasteiger partial charge in [0.05, 0.1) is 5.01 Å². The molecule has 1 rings (SSSR count). The highest BCUT2D eigenvalue weighted by Crippen LogP contribution is 2.03. The Bertz CT molecular complexity index is 233. The van der Waals surface area contributed by atoms with Gasteiger partial charge in [-0.1, -0.05) is 0 Å². The van der Waals surface area contributed by atoms with Crippen molar-refractivity contribution >= 4 is 28.7 Å². The molecule has 0 unspecified atom stereocenters. The Morgan fingerprint density at radius 3 is 3.17 bits per heavy atom. The third kappa shape index (κ3) is 3.15. The summed E-state index contributed by atoms with van der Waals surface area (Å²) in [7, 11) is 1.80. The molecule has 5 heteroatoms. The first-order valence-electron chi connectivity index (χ1n) is 3.67. The average molecular weight is 201 g/mol. The van der Waals surface area contributed by atoms with Gasteiger partial charge in [-0.05, 0) is 12.2 Å². The Morgan fingerprint density at radius 2 is 2.58 bits per heavy atom. The smallest absolute Gasteiger partial charge is 0.166 e. The van der Waals surface area contributed by atoms with Crippen LogP contribution in [0, 0.1) is 0 Å². The summed E-state index contributed by atoms with van der Waals surface area (Å²) in [5.74, 6) is 0. The Kier molecular flexibility index (Phi) is 3.96. The summed E-state index contributed by atoms with van der Waals surface area (Å²) in [6, 6.07) is 0. The SMILES string of the molecule is CNC(=S)NCCc1nccs1. The molecule has 0 aliphatic heterocycles. The molecule has 0 atom stereocenters. The van der Waals surface area contributed by atoms with Crippen LogP contribution in [0.3, 0.4) is 0 Å². The first-order valence-corrected chi connectivity index (χ1v) is 4.95. The van der Waals surface area contributed by atoms with Crippen molar-refractivity contribution in [2.24, 2.45) is 0 Å². The predicted molar refractivity (Wildman–Crippen MR) is 55.5 cm³/mol. The van der Waals surface area contributed by atoms with Crippen LogP contribution >= 0.6 is 23.6 Å². The number of hydrogen-bond donors (Lipinski definition) is 2. The molecule has 1 aromatic rings. The zero-order valence-corrected chi connectivity index (χ0v) is 8.47. The van der Waals surface area contributed by atoms with Crippen molar-refractivity contribution in [3.63, 3.8) is 0 Å². The summed E-state index contributed by atoms with van der Waals surface area (Å²) < 4.78 is 0. The minimum absolute atomic E-state index is 0.687. The summed E-state index contributed by atoms with van der Waals surface area (Å²) >= 11 is 6.58. The maximum Gasteiger partial charge on any atom is 0.166 e. The van der Waals surface area contributed by atoms with Gasteiger partial charge in [0.15, 0.2) is 5.11 Å². The summed E-state index contributed by atoms with van der Waals surface area (Å²) in [6.45, 7) is 0.840. The molecule has 0 aliphatic rings. The van der Waals surface area contributed by atoms with E-state index in [9.17, 15) is 0 Å². The molecule has 0 saturated heterocycles. The molecule has 1 heterocycles. The van der Waals surface area contributed by atoms with Crippen molar-refractivity contribution in [1.82, 2.24) is 15.6 Å². The normalized spacial score (nSPS) is 9.42. The highest BCUT2D eigenvalue weighted by atomic mass is 32.1. The molecule has 0 amide bonds. The molecular formula is C7H11N3S2. The van der Waals surface area contributed by atoms with Crippen LogP contribution in [0.15, 0.2) is 11.6 Å². The van der Waals surface area contributed by atoms with E-state index in [4.69, 9.17) is 12.2 Å². The van der Waals surface area contributed by atoms with Crippen LogP contribution in [-0.4, -0.2) is 23.7 Å². The Labute approximate surface area is 81.2 Å². The van der Waals surface area contributed by atoms with Crippen LogP contribution in [0.2, 0.25) is 0 Å². The maximum absolute atomic E-state index is 4.91. The van der Waals surface area contributed by atoms with Gasteiger partial charge in [0.2, 0.25) is 0 Å². The molecule has 0 bridgehead atoms. The lowest BCUT2D eigenvalue weighted by atomic mass is 10.4. The summed E-state index contributed by atoms with van der Waals surface area (Å²) in [5.41, 5.74) is 0. The Balaban J connectivity index is 2.15. The van der Waals surface area contributed by atoms with Gasteiger partial charge in [0, 0.05) is 31.6 Å². The Morgan fingerprint density at radius 1 is 1.75 bits per heavy atom. The molecule has 0 fully saturated rings. The molecule has 0 radical (unpaired) electrons. The summed E-state index contributed by atoms with van der Waals surface area (Å²) in [6.07, 6.45) is 2.75. The van der Waals surface area contributed by atoms with Crippen molar-refractivity contribution in [1.29, 1.82) is 0 Å². The second-order valence-electron chi connectivity index (χ2n) is 2.18. The van der Waals surface area contributed by atoms with Crippen LogP contribution in [0.5, 0.6) is 0 Å². The fraction of sp³-hybridized carbons (Fsp3) is 0.429. The number of thiazole rings is 1. The second kappa shape index (κ2) is 5.05. The molecule has 0 spiro atoms. The molecule has 3 nitrogen and oxygen atoms in total. The van der Waals surface area contributed by atoms with Crippen molar-refractivity contribution in [3.8, 4) is 0 Å². The van der Waals surface area contributed by atoms with Crippen LogP contribution < -0.4 is 10.6 Å². The highest BCUT2D eigenvalue weighted by Gasteiger charge is 1.95. The number of hydrogen-bond acceptors (Lipinski definition) is 3. The third-order valence-electron chi connectivity index (χ3n) is 1.33. The minimum Gasteiger partial charge on any atom is -0.366 e. The molecule has 0 aromatic carbocycles. The fourth-order valence-electron chi connectivity index (χ4n) is 0.748. The predicted octanol–water partition coefficient (Wildman–Crippen LogP) is 0.779. The van der Waals surface area contributed by atoms with E-state index in [-0.39, 0.29) is 0 Å². The first-order chi connectivity index (χ1) is 5.83. The van der Waals surface area contributed by atoms with Crippen molar-refractivity contribution in [2.45, 2.75) is 6.42 Å². The zero-order valence-electron chi connectivity index (χ0n) is 6.83. The van der Waals surface area contributed by atoms with Gasteiger partial charge in [-0.2, -0.15) is 0 Å². The molecule has 2 N–H and O–H groups in total. The van der Waals surface area contributed by atoms with Crippen LogP contribution in [-0.2, 0) is 6.42 Å². The van der Waals surface area contributed by atoms with E-state index in [1.54, 1.807) is 18.4 Å².